The molecule has 0 atom stereocenters. The maximum Gasteiger partial charge on any atom is 0.160 e. The van der Waals surface area contributed by atoms with Crippen LogP contribution in [0.5, 0.6) is 0 Å². The number of para-hydroxylation sites is 2. The van der Waals surface area contributed by atoms with Crippen molar-refractivity contribution in [2.24, 2.45) is 0 Å². The summed E-state index contributed by atoms with van der Waals surface area (Å²) in [7, 11) is 0. The Morgan fingerprint density at radius 2 is 0.472 bits per heavy atom. The smallest absolute Gasteiger partial charge is 0.160 e. The van der Waals surface area contributed by atoms with E-state index >= 15 is 0 Å². The van der Waals surface area contributed by atoms with E-state index in [-0.39, 0.29) is 0 Å². The van der Waals surface area contributed by atoms with Crippen LogP contribution in [0.25, 0.3) is 211 Å². The molecule has 21 rings (SSSR count). The van der Waals surface area contributed by atoms with Crippen LogP contribution in [0.4, 0.5) is 0 Å². The van der Waals surface area contributed by atoms with Gasteiger partial charge in [0.25, 0.3) is 0 Å². The molecule has 108 heavy (non-hydrogen) atoms. The third-order valence-corrected chi connectivity index (χ3v) is 20.6. The molecule has 6 aromatic heterocycles. The van der Waals surface area contributed by atoms with E-state index in [4.69, 9.17) is 38.7 Å². The number of fused-ring (bicyclic) bond motifs is 12. The predicted molar refractivity (Wildman–Crippen MR) is 444 cm³/mol. The van der Waals surface area contributed by atoms with Gasteiger partial charge in [-0.2, -0.15) is 0 Å². The van der Waals surface area contributed by atoms with Gasteiger partial charge in [0.1, 0.15) is 22.3 Å². The third kappa shape index (κ3) is 11.5. The summed E-state index contributed by atoms with van der Waals surface area (Å²) < 4.78 is 13.5. The first-order valence-corrected chi connectivity index (χ1v) is 36.3. The number of hydrogen-bond donors (Lipinski definition) is 0. The van der Waals surface area contributed by atoms with Gasteiger partial charge in [-0.1, -0.05) is 340 Å². The lowest BCUT2D eigenvalue weighted by molar-refractivity contribution is 0.672. The van der Waals surface area contributed by atoms with Gasteiger partial charge in [-0.15, -0.1) is 0 Å². The quantitative estimate of drug-likeness (QED) is 0.126. The first-order chi connectivity index (χ1) is 53.5. The highest BCUT2D eigenvalue weighted by Crippen LogP contribution is 2.47. The number of hydrogen-bond acceptors (Lipinski definition) is 8. The molecule has 0 N–H and O–H groups in total. The fourth-order valence-corrected chi connectivity index (χ4v) is 15.4. The van der Waals surface area contributed by atoms with Gasteiger partial charge in [0.05, 0.1) is 66.7 Å². The van der Waals surface area contributed by atoms with Crippen LogP contribution in [0.1, 0.15) is 0 Å². The zero-order chi connectivity index (χ0) is 71.4. The van der Waals surface area contributed by atoms with Crippen molar-refractivity contribution in [3.05, 3.63) is 376 Å². The largest absolute Gasteiger partial charge is 0.455 e. The molecule has 0 bridgehead atoms. The number of furan rings is 2. The Balaban J connectivity index is 0.000000143. The Morgan fingerprint density at radius 3 is 0.880 bits per heavy atom. The minimum absolute atomic E-state index is 0.662. The Kier molecular flexibility index (Phi) is 15.7. The molecule has 15 aromatic carbocycles. The number of benzene rings is 15. The van der Waals surface area contributed by atoms with Crippen molar-refractivity contribution >= 4 is 87.2 Å². The number of pyridine rings is 2. The van der Waals surface area contributed by atoms with Crippen molar-refractivity contribution in [2.45, 2.75) is 0 Å². The van der Waals surface area contributed by atoms with Crippen molar-refractivity contribution in [1.29, 1.82) is 0 Å². The molecular formula is C100H62N6O2. The van der Waals surface area contributed by atoms with Crippen LogP contribution in [0.3, 0.4) is 0 Å². The van der Waals surface area contributed by atoms with Crippen molar-refractivity contribution in [3.63, 3.8) is 0 Å². The minimum atomic E-state index is 0.662. The zero-order valence-corrected chi connectivity index (χ0v) is 58.3. The zero-order valence-electron chi connectivity index (χ0n) is 58.3. The topological polar surface area (TPSA) is 104 Å². The summed E-state index contributed by atoms with van der Waals surface area (Å²) in [5, 5.41) is 10.9. The molecule has 8 nitrogen and oxygen atoms in total. The summed E-state index contributed by atoms with van der Waals surface area (Å²) in [6.45, 7) is 0. The average molecular weight is 1380 g/mol. The third-order valence-electron chi connectivity index (χ3n) is 20.6. The molecule has 0 fully saturated rings. The maximum atomic E-state index is 6.78. The normalized spacial score (nSPS) is 11.5. The lowest BCUT2D eigenvalue weighted by atomic mass is 9.93. The molecule has 0 amide bonds. The lowest BCUT2D eigenvalue weighted by Gasteiger charge is -2.13. The number of aromatic nitrogens is 6. The standard InChI is InChI=1S/C53H33N3O.C47H29N3O/c1-3-13-34(14-4-1)35-25-27-38(28-26-35)47-33-46(37-16-5-2-6-17-37)55-53(56-47)40-31-29-39(30-32-40)51-50-44-20-9-10-24-48(44)57-52(50)49-43(22-12-23-45(49)54-51)42-21-11-18-36-15-7-8-19-41(36)42;1-3-14-31(15-4-1)40-29-41(32-16-5-2-6-17-32)50-47(49-40)34-27-25-33(26-28-34)45-44-38-20-9-10-24-42(38)51-46(44)43-37(22-12-23-39(43)48-45)36-21-11-18-30-13-7-8-19-35(30)36/h1-33H;1-29H. The molecule has 0 aliphatic heterocycles. The van der Waals surface area contributed by atoms with Crippen LogP contribution in [0.2, 0.25) is 0 Å². The van der Waals surface area contributed by atoms with E-state index in [0.717, 1.165) is 167 Å². The molecule has 0 radical (unpaired) electrons. The molecule has 504 valence electrons. The summed E-state index contributed by atoms with van der Waals surface area (Å²) in [5.74, 6) is 1.34. The second-order valence-corrected chi connectivity index (χ2v) is 27.1. The van der Waals surface area contributed by atoms with Crippen molar-refractivity contribution in [1.82, 2.24) is 29.9 Å². The SMILES string of the molecule is c1ccc(-c2cc(-c3ccccc3)nc(-c3ccc(-c4nc5cccc(-c6cccc7ccccc67)c5c5oc6ccccc6c45)cc3)n2)cc1.c1ccc(-c2ccc(-c3cc(-c4ccccc4)nc(-c4ccc(-c5nc6cccc(-c7cccc8ccccc78)c6c6oc7ccccc7c56)cc4)n3)cc2)cc1. The molecule has 0 spiro atoms. The Morgan fingerprint density at radius 1 is 0.185 bits per heavy atom. The Hall–Kier alpha value is -14.6. The van der Waals surface area contributed by atoms with Gasteiger partial charge >= 0.3 is 0 Å². The molecule has 8 heteroatoms. The average Bonchev–Trinajstić information content (AvgIpc) is 1.55. The van der Waals surface area contributed by atoms with Crippen LogP contribution < -0.4 is 0 Å². The van der Waals surface area contributed by atoms with Gasteiger partial charge in [-0.05, 0) is 91.3 Å². The summed E-state index contributed by atoms with van der Waals surface area (Å²) in [4.78, 5) is 31.1. The summed E-state index contributed by atoms with van der Waals surface area (Å²) in [6.07, 6.45) is 0. The second-order valence-electron chi connectivity index (χ2n) is 27.1. The fourth-order valence-electron chi connectivity index (χ4n) is 15.4. The number of nitrogens with zero attached hydrogens (tertiary/aromatic N) is 6. The molecule has 0 saturated carbocycles. The van der Waals surface area contributed by atoms with Gasteiger partial charge < -0.3 is 8.83 Å². The summed E-state index contributed by atoms with van der Waals surface area (Å²) in [6, 6.07) is 130. The van der Waals surface area contributed by atoms with Gasteiger partial charge in [0.15, 0.2) is 11.6 Å². The van der Waals surface area contributed by atoms with Crippen LogP contribution in [-0.2, 0) is 0 Å². The fraction of sp³-hybridized carbons (Fsp3) is 0. The molecule has 0 aliphatic rings. The monoisotopic (exact) mass is 1380 g/mol. The highest BCUT2D eigenvalue weighted by Gasteiger charge is 2.25. The van der Waals surface area contributed by atoms with E-state index in [9.17, 15) is 0 Å². The molecule has 0 saturated heterocycles. The van der Waals surface area contributed by atoms with E-state index in [2.05, 4.69) is 291 Å². The van der Waals surface area contributed by atoms with Gasteiger partial charge in [0.2, 0.25) is 0 Å². The van der Waals surface area contributed by atoms with E-state index < -0.39 is 0 Å². The second kappa shape index (κ2) is 26.9. The van der Waals surface area contributed by atoms with E-state index in [1.165, 1.54) is 32.7 Å². The molecular weight excluding hydrogens is 1320 g/mol. The number of rotatable bonds is 11. The van der Waals surface area contributed by atoms with E-state index in [1.54, 1.807) is 0 Å². The van der Waals surface area contributed by atoms with Gasteiger partial charge in [0, 0.05) is 55.3 Å². The van der Waals surface area contributed by atoms with Gasteiger partial charge in [-0.25, -0.2) is 29.9 Å². The highest BCUT2D eigenvalue weighted by atomic mass is 16.3. The molecule has 0 aliphatic carbocycles. The maximum absolute atomic E-state index is 6.78. The summed E-state index contributed by atoms with van der Waals surface area (Å²) in [5.41, 5.74) is 25.3. The van der Waals surface area contributed by atoms with Crippen LogP contribution >= 0.6 is 0 Å². The van der Waals surface area contributed by atoms with Crippen molar-refractivity contribution < 1.29 is 8.83 Å². The molecule has 0 unspecified atom stereocenters. The first-order valence-electron chi connectivity index (χ1n) is 36.3. The van der Waals surface area contributed by atoms with E-state index in [1.807, 2.05) is 84.9 Å². The first kappa shape index (κ1) is 63.1. The Labute approximate surface area is 621 Å². The van der Waals surface area contributed by atoms with Crippen molar-refractivity contribution in [3.8, 4) is 124 Å². The Bertz CT molecular complexity index is 6940. The molecule has 21 aromatic rings. The molecule has 6 heterocycles. The minimum Gasteiger partial charge on any atom is -0.455 e. The van der Waals surface area contributed by atoms with Crippen LogP contribution in [0.15, 0.2) is 385 Å². The lowest BCUT2D eigenvalue weighted by Crippen LogP contribution is -1.96. The van der Waals surface area contributed by atoms with Gasteiger partial charge in [-0.3, -0.25) is 0 Å². The van der Waals surface area contributed by atoms with Crippen LogP contribution in [0, 0.1) is 0 Å². The highest BCUT2D eigenvalue weighted by molar-refractivity contribution is 6.25. The predicted octanol–water partition coefficient (Wildman–Crippen LogP) is 26.5. The van der Waals surface area contributed by atoms with Crippen molar-refractivity contribution in [2.75, 3.05) is 0 Å². The van der Waals surface area contributed by atoms with Crippen LogP contribution in [-0.4, -0.2) is 29.9 Å². The summed E-state index contributed by atoms with van der Waals surface area (Å²) >= 11 is 0. The van der Waals surface area contributed by atoms with E-state index in [0.29, 0.717) is 11.6 Å².